The maximum atomic E-state index is 6.36. The van der Waals surface area contributed by atoms with Gasteiger partial charge in [-0.1, -0.05) is 23.7 Å². The zero-order chi connectivity index (χ0) is 16.5. The molecule has 2 aromatic carbocycles. The van der Waals surface area contributed by atoms with E-state index >= 15 is 0 Å². The second-order valence-electron chi connectivity index (χ2n) is 5.84. The lowest BCUT2D eigenvalue weighted by Crippen LogP contribution is -2.15. The normalized spacial score (nSPS) is 17.3. The van der Waals surface area contributed by atoms with E-state index in [1.165, 1.54) is 6.42 Å². The fraction of sp³-hybridized carbons (Fsp3) is 0.222. The molecule has 4 nitrogen and oxygen atoms in total. The number of nitrogens with one attached hydrogen (secondary N) is 2. The standard InChI is InChI=1S/C18H16BrClN4/c19-12-4-1-7-15(17(12)20)23-13-5-2-6-14-11(13)10-22-18(24-14)16-8-3-9-21-16/h1-2,4-7,10,16,21,23H,3,8-9H2. The van der Waals surface area contributed by atoms with Gasteiger partial charge in [-0.15, -0.1) is 0 Å². The van der Waals surface area contributed by atoms with Gasteiger partial charge >= 0.3 is 0 Å². The molecule has 1 aliphatic heterocycles. The molecule has 1 saturated heterocycles. The average molecular weight is 404 g/mol. The summed E-state index contributed by atoms with van der Waals surface area (Å²) in [6, 6.07) is 12.1. The summed E-state index contributed by atoms with van der Waals surface area (Å²) in [6.07, 6.45) is 4.16. The van der Waals surface area contributed by atoms with E-state index in [1.54, 1.807) is 0 Å². The summed E-state index contributed by atoms with van der Waals surface area (Å²) in [5.41, 5.74) is 2.73. The van der Waals surface area contributed by atoms with Crippen LogP contribution in [0.1, 0.15) is 24.7 Å². The minimum Gasteiger partial charge on any atom is -0.354 e. The zero-order valence-corrected chi connectivity index (χ0v) is 15.2. The Labute approximate surface area is 153 Å². The lowest BCUT2D eigenvalue weighted by molar-refractivity contribution is 0.608. The van der Waals surface area contributed by atoms with Gasteiger partial charge in [-0.25, -0.2) is 9.97 Å². The van der Waals surface area contributed by atoms with Crippen molar-refractivity contribution < 1.29 is 0 Å². The van der Waals surface area contributed by atoms with E-state index in [2.05, 4.69) is 31.5 Å². The van der Waals surface area contributed by atoms with E-state index in [1.807, 2.05) is 42.6 Å². The molecular weight excluding hydrogens is 388 g/mol. The summed E-state index contributed by atoms with van der Waals surface area (Å²) in [5, 5.41) is 8.47. The lowest BCUT2D eigenvalue weighted by Gasteiger charge is -2.13. The molecule has 2 heterocycles. The smallest absolute Gasteiger partial charge is 0.145 e. The van der Waals surface area contributed by atoms with Crippen LogP contribution in [0.5, 0.6) is 0 Å². The highest BCUT2D eigenvalue weighted by atomic mass is 79.9. The Hall–Kier alpha value is -1.69. The SMILES string of the molecule is Clc1c(Br)cccc1Nc1cccc2nc(C3CCCN3)ncc12. The van der Waals surface area contributed by atoms with Crippen molar-refractivity contribution in [2.75, 3.05) is 11.9 Å². The van der Waals surface area contributed by atoms with Crippen LogP contribution in [0.3, 0.4) is 0 Å². The van der Waals surface area contributed by atoms with Crippen LogP contribution in [-0.2, 0) is 0 Å². The summed E-state index contributed by atoms with van der Waals surface area (Å²) < 4.78 is 0.861. The fourth-order valence-corrected chi connectivity index (χ4v) is 3.54. The summed E-state index contributed by atoms with van der Waals surface area (Å²) in [4.78, 5) is 9.32. The number of fused-ring (bicyclic) bond motifs is 1. The van der Waals surface area contributed by atoms with Gasteiger partial charge in [0.2, 0.25) is 0 Å². The molecule has 1 aliphatic rings. The number of hydrogen-bond donors (Lipinski definition) is 2. The van der Waals surface area contributed by atoms with Crippen LogP contribution in [0, 0.1) is 0 Å². The van der Waals surface area contributed by atoms with Crippen molar-refractivity contribution in [3.63, 3.8) is 0 Å². The molecule has 1 aromatic heterocycles. The van der Waals surface area contributed by atoms with Crippen LogP contribution in [0.2, 0.25) is 5.02 Å². The lowest BCUT2D eigenvalue weighted by atomic mass is 10.1. The van der Waals surface area contributed by atoms with Crippen molar-refractivity contribution in [2.45, 2.75) is 18.9 Å². The largest absolute Gasteiger partial charge is 0.354 e. The molecule has 1 unspecified atom stereocenters. The Morgan fingerprint density at radius 1 is 1.17 bits per heavy atom. The second-order valence-corrected chi connectivity index (χ2v) is 7.07. The molecule has 122 valence electrons. The minimum atomic E-state index is 0.269. The zero-order valence-electron chi connectivity index (χ0n) is 12.9. The maximum Gasteiger partial charge on any atom is 0.145 e. The molecule has 0 bridgehead atoms. The van der Waals surface area contributed by atoms with E-state index in [9.17, 15) is 0 Å². The predicted octanol–water partition coefficient (Wildman–Crippen LogP) is 5.21. The summed E-state index contributed by atoms with van der Waals surface area (Å²) in [7, 11) is 0. The third-order valence-electron chi connectivity index (χ3n) is 4.24. The summed E-state index contributed by atoms with van der Waals surface area (Å²) >= 11 is 9.81. The molecule has 0 amide bonds. The average Bonchev–Trinajstić information content (AvgIpc) is 3.13. The highest BCUT2D eigenvalue weighted by molar-refractivity contribution is 9.10. The van der Waals surface area contributed by atoms with E-state index in [4.69, 9.17) is 16.6 Å². The number of benzene rings is 2. The Kier molecular flexibility index (Phi) is 4.39. The van der Waals surface area contributed by atoms with Crippen molar-refractivity contribution in [3.05, 3.63) is 57.9 Å². The first kappa shape index (κ1) is 15.8. The highest BCUT2D eigenvalue weighted by Crippen LogP contribution is 2.34. The van der Waals surface area contributed by atoms with Gasteiger partial charge in [0.05, 0.1) is 22.3 Å². The monoisotopic (exact) mass is 402 g/mol. The van der Waals surface area contributed by atoms with Crippen LogP contribution in [0.4, 0.5) is 11.4 Å². The van der Waals surface area contributed by atoms with Crippen LogP contribution < -0.4 is 10.6 Å². The Balaban J connectivity index is 1.72. The predicted molar refractivity (Wildman–Crippen MR) is 102 cm³/mol. The fourth-order valence-electron chi connectivity index (χ4n) is 3.00. The van der Waals surface area contributed by atoms with Gasteiger partial charge < -0.3 is 10.6 Å². The molecule has 0 radical (unpaired) electrons. The van der Waals surface area contributed by atoms with Gasteiger partial charge in [-0.05, 0) is 59.6 Å². The van der Waals surface area contributed by atoms with E-state index in [-0.39, 0.29) is 6.04 Å². The number of halogens is 2. The molecule has 24 heavy (non-hydrogen) atoms. The molecule has 1 atom stereocenters. The first-order valence-corrected chi connectivity index (χ1v) is 9.09. The number of hydrogen-bond acceptors (Lipinski definition) is 4. The van der Waals surface area contributed by atoms with Crippen LogP contribution in [0.15, 0.2) is 47.1 Å². The second kappa shape index (κ2) is 6.67. The Bertz CT molecular complexity index is 893. The molecule has 2 N–H and O–H groups in total. The molecule has 6 heteroatoms. The summed E-state index contributed by atoms with van der Waals surface area (Å²) in [6.45, 7) is 1.04. The molecule has 0 aliphatic carbocycles. The maximum absolute atomic E-state index is 6.36. The van der Waals surface area contributed by atoms with Gasteiger partial charge in [-0.2, -0.15) is 0 Å². The van der Waals surface area contributed by atoms with Gasteiger partial charge in [0.25, 0.3) is 0 Å². The molecule has 1 fully saturated rings. The Morgan fingerprint density at radius 2 is 2.00 bits per heavy atom. The van der Waals surface area contributed by atoms with E-state index < -0.39 is 0 Å². The molecule has 4 rings (SSSR count). The number of aromatic nitrogens is 2. The van der Waals surface area contributed by atoms with Crippen molar-refractivity contribution in [1.82, 2.24) is 15.3 Å². The molecular formula is C18H16BrClN4. The topological polar surface area (TPSA) is 49.8 Å². The first-order valence-electron chi connectivity index (χ1n) is 7.92. The van der Waals surface area contributed by atoms with Gasteiger partial charge in [0, 0.05) is 21.7 Å². The quantitative estimate of drug-likeness (QED) is 0.630. The number of anilines is 2. The van der Waals surface area contributed by atoms with Crippen molar-refractivity contribution in [1.29, 1.82) is 0 Å². The van der Waals surface area contributed by atoms with E-state index in [0.717, 1.165) is 45.5 Å². The van der Waals surface area contributed by atoms with Gasteiger partial charge in [-0.3, -0.25) is 0 Å². The van der Waals surface area contributed by atoms with Gasteiger partial charge in [0.1, 0.15) is 5.82 Å². The summed E-state index contributed by atoms with van der Waals surface area (Å²) in [5.74, 6) is 0.873. The van der Waals surface area contributed by atoms with Crippen molar-refractivity contribution >= 4 is 49.8 Å². The Morgan fingerprint density at radius 3 is 2.83 bits per heavy atom. The van der Waals surface area contributed by atoms with Crippen LogP contribution >= 0.6 is 27.5 Å². The van der Waals surface area contributed by atoms with Crippen molar-refractivity contribution in [3.8, 4) is 0 Å². The third kappa shape index (κ3) is 2.99. The number of rotatable bonds is 3. The highest BCUT2D eigenvalue weighted by Gasteiger charge is 2.19. The third-order valence-corrected chi connectivity index (χ3v) is 5.53. The molecule has 3 aromatic rings. The molecule has 0 spiro atoms. The van der Waals surface area contributed by atoms with Gasteiger partial charge in [0.15, 0.2) is 0 Å². The minimum absolute atomic E-state index is 0.269. The first-order chi connectivity index (χ1) is 11.7. The van der Waals surface area contributed by atoms with Crippen LogP contribution in [0.25, 0.3) is 10.9 Å². The van der Waals surface area contributed by atoms with Crippen molar-refractivity contribution in [2.24, 2.45) is 0 Å². The number of nitrogens with zero attached hydrogens (tertiary/aromatic N) is 2. The van der Waals surface area contributed by atoms with E-state index in [0.29, 0.717) is 5.02 Å². The molecule has 0 saturated carbocycles. The van der Waals surface area contributed by atoms with Crippen LogP contribution in [-0.4, -0.2) is 16.5 Å².